The molecule has 0 saturated carbocycles. The maximum atomic E-state index is 5.95. The maximum absolute atomic E-state index is 5.95. The first-order chi connectivity index (χ1) is 6.77. The number of nitrogens with two attached hydrogens (primary N) is 1. The molecule has 1 aromatic rings. The molecule has 0 bridgehead atoms. The van der Waals surface area contributed by atoms with E-state index in [1.165, 1.54) is 0 Å². The fourth-order valence-corrected chi connectivity index (χ4v) is 2.66. The molecular weight excluding hydrogens is 216 g/mol. The van der Waals surface area contributed by atoms with Crippen LogP contribution in [0.5, 0.6) is 0 Å². The predicted molar refractivity (Wildman–Crippen MR) is 62.8 cm³/mol. The van der Waals surface area contributed by atoms with Gasteiger partial charge in [0.1, 0.15) is 5.01 Å². The molecule has 0 aliphatic heterocycles. The van der Waals surface area contributed by atoms with E-state index in [1.54, 1.807) is 30.2 Å². The van der Waals surface area contributed by atoms with Crippen molar-refractivity contribution in [1.29, 1.82) is 0 Å². The van der Waals surface area contributed by atoms with E-state index in [0.29, 0.717) is 6.61 Å². The molecule has 0 aliphatic carbocycles. The quantitative estimate of drug-likeness (QED) is 0.815. The number of nitrogens with zero attached hydrogens (tertiary/aromatic N) is 1. The van der Waals surface area contributed by atoms with Crippen LogP contribution in [0.25, 0.3) is 0 Å². The molecule has 1 unspecified atom stereocenters. The van der Waals surface area contributed by atoms with Crippen LogP contribution < -0.4 is 5.73 Å². The fourth-order valence-electron chi connectivity index (χ4n) is 1.08. The molecule has 0 fully saturated rings. The molecule has 1 atom stereocenters. The SMILES string of the molecule is COCCC(N)c1csc(CSC)n1. The lowest BCUT2D eigenvalue weighted by Gasteiger charge is -2.06. The predicted octanol–water partition coefficient (Wildman–Crippen LogP) is 2.04. The molecule has 0 amide bonds. The largest absolute Gasteiger partial charge is 0.385 e. The number of hydrogen-bond acceptors (Lipinski definition) is 5. The summed E-state index contributed by atoms with van der Waals surface area (Å²) >= 11 is 3.46. The Morgan fingerprint density at radius 2 is 2.50 bits per heavy atom. The normalized spacial score (nSPS) is 13.1. The van der Waals surface area contributed by atoms with Crippen molar-refractivity contribution in [2.75, 3.05) is 20.0 Å². The molecule has 1 heterocycles. The lowest BCUT2D eigenvalue weighted by atomic mass is 10.2. The summed E-state index contributed by atoms with van der Waals surface area (Å²) in [6.07, 6.45) is 2.91. The second-order valence-corrected chi connectivity index (χ2v) is 4.80. The minimum atomic E-state index is 0.0156. The number of methoxy groups -OCH3 is 1. The molecule has 5 heteroatoms. The van der Waals surface area contributed by atoms with Crippen LogP contribution in [0.15, 0.2) is 5.38 Å². The van der Waals surface area contributed by atoms with Crippen molar-refractivity contribution in [2.45, 2.75) is 18.2 Å². The van der Waals surface area contributed by atoms with Gasteiger partial charge >= 0.3 is 0 Å². The van der Waals surface area contributed by atoms with Crippen LogP contribution in [0.3, 0.4) is 0 Å². The topological polar surface area (TPSA) is 48.1 Å². The van der Waals surface area contributed by atoms with Gasteiger partial charge in [0.25, 0.3) is 0 Å². The zero-order valence-corrected chi connectivity index (χ0v) is 10.2. The molecule has 0 radical (unpaired) electrons. The summed E-state index contributed by atoms with van der Waals surface area (Å²) in [7, 11) is 1.69. The van der Waals surface area contributed by atoms with Gasteiger partial charge in [-0.1, -0.05) is 0 Å². The zero-order valence-electron chi connectivity index (χ0n) is 8.53. The molecule has 0 saturated heterocycles. The van der Waals surface area contributed by atoms with Crippen molar-refractivity contribution < 1.29 is 4.74 Å². The number of rotatable bonds is 6. The first kappa shape index (κ1) is 12.0. The molecule has 80 valence electrons. The highest BCUT2D eigenvalue weighted by Gasteiger charge is 2.09. The van der Waals surface area contributed by atoms with Gasteiger partial charge in [0, 0.05) is 24.8 Å². The van der Waals surface area contributed by atoms with E-state index in [1.807, 2.05) is 5.38 Å². The molecule has 14 heavy (non-hydrogen) atoms. The Labute approximate surface area is 93.1 Å². The summed E-state index contributed by atoms with van der Waals surface area (Å²) in [5.41, 5.74) is 6.94. The van der Waals surface area contributed by atoms with Crippen molar-refractivity contribution in [3.63, 3.8) is 0 Å². The average Bonchev–Trinajstić information content (AvgIpc) is 2.63. The average molecular weight is 232 g/mol. The van der Waals surface area contributed by atoms with E-state index in [0.717, 1.165) is 22.9 Å². The van der Waals surface area contributed by atoms with E-state index in [2.05, 4.69) is 11.2 Å². The van der Waals surface area contributed by atoms with Crippen LogP contribution in [0.1, 0.15) is 23.2 Å². The lowest BCUT2D eigenvalue weighted by molar-refractivity contribution is 0.188. The number of thioether (sulfide) groups is 1. The van der Waals surface area contributed by atoms with Crippen LogP contribution in [0, 0.1) is 0 Å². The number of hydrogen-bond donors (Lipinski definition) is 1. The standard InChI is InChI=1S/C9H16N2OS2/c1-12-4-3-7(10)8-5-14-9(11-8)6-13-2/h5,7H,3-4,6,10H2,1-2H3. The summed E-state index contributed by atoms with van der Waals surface area (Å²) < 4.78 is 4.98. The third-order valence-corrected chi connectivity index (χ3v) is 3.46. The van der Waals surface area contributed by atoms with E-state index in [-0.39, 0.29) is 6.04 Å². The van der Waals surface area contributed by atoms with Crippen LogP contribution >= 0.6 is 23.1 Å². The van der Waals surface area contributed by atoms with Gasteiger partial charge in [0.2, 0.25) is 0 Å². The molecule has 1 aromatic heterocycles. The van der Waals surface area contributed by atoms with Crippen LogP contribution in [0.2, 0.25) is 0 Å². The minimum absolute atomic E-state index is 0.0156. The van der Waals surface area contributed by atoms with Gasteiger partial charge in [-0.3, -0.25) is 0 Å². The van der Waals surface area contributed by atoms with E-state index in [9.17, 15) is 0 Å². The first-order valence-electron chi connectivity index (χ1n) is 4.45. The third-order valence-electron chi connectivity index (χ3n) is 1.85. The monoisotopic (exact) mass is 232 g/mol. The van der Waals surface area contributed by atoms with Crippen LogP contribution in [-0.2, 0) is 10.5 Å². The number of aromatic nitrogens is 1. The Kier molecular flexibility index (Phi) is 5.47. The van der Waals surface area contributed by atoms with Gasteiger partial charge < -0.3 is 10.5 Å². The number of thiazole rings is 1. The van der Waals surface area contributed by atoms with Gasteiger partial charge in [-0.15, -0.1) is 11.3 Å². The van der Waals surface area contributed by atoms with Crippen molar-refractivity contribution in [2.24, 2.45) is 5.73 Å². The van der Waals surface area contributed by atoms with Gasteiger partial charge in [0.05, 0.1) is 11.7 Å². The van der Waals surface area contributed by atoms with E-state index in [4.69, 9.17) is 10.5 Å². The van der Waals surface area contributed by atoms with Crippen molar-refractivity contribution >= 4 is 23.1 Å². The van der Waals surface area contributed by atoms with E-state index < -0.39 is 0 Å². The Morgan fingerprint density at radius 3 is 3.14 bits per heavy atom. The van der Waals surface area contributed by atoms with Gasteiger partial charge in [-0.2, -0.15) is 11.8 Å². The van der Waals surface area contributed by atoms with Crippen molar-refractivity contribution in [3.05, 3.63) is 16.1 Å². The summed E-state index contributed by atoms with van der Waals surface area (Å²) in [5, 5.41) is 3.20. The van der Waals surface area contributed by atoms with Crippen molar-refractivity contribution in [3.8, 4) is 0 Å². The Hall–Kier alpha value is -0.100. The molecule has 2 N–H and O–H groups in total. The second kappa shape index (κ2) is 6.40. The zero-order chi connectivity index (χ0) is 10.4. The van der Waals surface area contributed by atoms with Gasteiger partial charge in [-0.05, 0) is 12.7 Å². The molecule has 1 rings (SSSR count). The molecule has 3 nitrogen and oxygen atoms in total. The van der Waals surface area contributed by atoms with Crippen molar-refractivity contribution in [1.82, 2.24) is 4.98 Å². The summed E-state index contributed by atoms with van der Waals surface area (Å²) in [6.45, 7) is 0.691. The summed E-state index contributed by atoms with van der Waals surface area (Å²) in [5.74, 6) is 0.974. The highest BCUT2D eigenvalue weighted by molar-refractivity contribution is 7.97. The highest BCUT2D eigenvalue weighted by Crippen LogP contribution is 2.20. The van der Waals surface area contributed by atoms with Crippen LogP contribution in [0.4, 0.5) is 0 Å². The molecular formula is C9H16N2OS2. The highest BCUT2D eigenvalue weighted by atomic mass is 32.2. The maximum Gasteiger partial charge on any atom is 0.103 e. The lowest BCUT2D eigenvalue weighted by Crippen LogP contribution is -2.13. The third kappa shape index (κ3) is 3.57. The molecule has 0 aliphatic rings. The number of ether oxygens (including phenoxy) is 1. The van der Waals surface area contributed by atoms with Crippen LogP contribution in [-0.4, -0.2) is 25.0 Å². The fraction of sp³-hybridized carbons (Fsp3) is 0.667. The van der Waals surface area contributed by atoms with Gasteiger partial charge in [0.15, 0.2) is 0 Å². The van der Waals surface area contributed by atoms with Gasteiger partial charge in [-0.25, -0.2) is 4.98 Å². The Balaban J connectivity index is 2.48. The smallest absolute Gasteiger partial charge is 0.103 e. The summed E-state index contributed by atoms with van der Waals surface area (Å²) in [6, 6.07) is 0.0156. The molecule has 0 aromatic carbocycles. The molecule has 0 spiro atoms. The Bertz CT molecular complexity index is 265. The minimum Gasteiger partial charge on any atom is -0.385 e. The second-order valence-electron chi connectivity index (χ2n) is 2.99. The first-order valence-corrected chi connectivity index (χ1v) is 6.73. The van der Waals surface area contributed by atoms with E-state index >= 15 is 0 Å². The Morgan fingerprint density at radius 1 is 1.71 bits per heavy atom. The summed E-state index contributed by atoms with van der Waals surface area (Å²) in [4.78, 5) is 4.47.